The quantitative estimate of drug-likeness (QED) is 0.182. The molecule has 0 fully saturated rings. The largest absolute Gasteiger partial charge is 2.00 e. The Kier molecular flexibility index (Phi) is 11.9. The van der Waals surface area contributed by atoms with E-state index in [-0.39, 0.29) is 44.3 Å². The van der Waals surface area contributed by atoms with E-state index in [2.05, 4.69) is 146 Å². The fraction of sp³-hybridized carbons (Fsp3) is 0.143. The number of halogens is 2. The first-order valence-electron chi connectivity index (χ1n) is 16.2. The van der Waals surface area contributed by atoms with Gasteiger partial charge in [0.2, 0.25) is 11.6 Å². The van der Waals surface area contributed by atoms with Crippen LogP contribution in [-0.2, 0) is 19.5 Å². The van der Waals surface area contributed by atoms with E-state index in [1.807, 2.05) is 27.7 Å². The van der Waals surface area contributed by atoms with Crippen molar-refractivity contribution in [3.63, 3.8) is 0 Å². The molecule has 0 aliphatic carbocycles. The first kappa shape index (κ1) is 38.8. The molecule has 0 atom stereocenters. The van der Waals surface area contributed by atoms with E-state index in [1.54, 1.807) is 0 Å². The van der Waals surface area contributed by atoms with E-state index in [0.29, 0.717) is 0 Å². The molecule has 0 unspecified atom stereocenters. The smallest absolute Gasteiger partial charge is 1.00 e. The van der Waals surface area contributed by atoms with E-state index < -0.39 is 27.4 Å². The number of hydrogen-bond acceptors (Lipinski definition) is 4. The van der Waals surface area contributed by atoms with Gasteiger partial charge in [-0.05, 0) is 71.9 Å². The third-order valence-electron chi connectivity index (χ3n) is 8.40. The molecule has 0 aromatic heterocycles. The van der Waals surface area contributed by atoms with Crippen LogP contribution in [0.25, 0.3) is 11.1 Å². The molecule has 2 aliphatic rings. The third-order valence-corrected chi connectivity index (χ3v) is 13.4. The first-order valence-corrected chi connectivity index (χ1v) is 18.9. The van der Waals surface area contributed by atoms with Crippen molar-refractivity contribution >= 4 is 47.7 Å². The van der Waals surface area contributed by atoms with Gasteiger partial charge in [0.25, 0.3) is 0 Å². The molecular formula is C42H36Cl2O4P2Ru. The summed E-state index contributed by atoms with van der Waals surface area (Å²) in [6.45, 7) is 7.86. The maximum absolute atomic E-state index is 6.80. The van der Waals surface area contributed by atoms with Crippen molar-refractivity contribution < 1.29 is 63.2 Å². The minimum absolute atomic E-state index is 0. The summed E-state index contributed by atoms with van der Waals surface area (Å²) in [7, 11) is -2.05. The van der Waals surface area contributed by atoms with Gasteiger partial charge in [0.05, 0.1) is 0 Å². The van der Waals surface area contributed by atoms with Crippen molar-refractivity contribution in [3.05, 3.63) is 146 Å². The Morgan fingerprint density at radius 3 is 0.922 bits per heavy atom. The Morgan fingerprint density at radius 1 is 0.373 bits per heavy atom. The zero-order valence-electron chi connectivity index (χ0n) is 28.5. The summed E-state index contributed by atoms with van der Waals surface area (Å²) < 4.78 is 26.5. The Balaban J connectivity index is 0.00000168. The van der Waals surface area contributed by atoms with Crippen LogP contribution in [0.3, 0.4) is 0 Å². The van der Waals surface area contributed by atoms with Crippen molar-refractivity contribution in [2.24, 2.45) is 0 Å². The van der Waals surface area contributed by atoms with Gasteiger partial charge in [-0.15, -0.1) is 0 Å². The van der Waals surface area contributed by atoms with Crippen LogP contribution in [0, 0.1) is 0 Å². The van der Waals surface area contributed by atoms with Gasteiger partial charge in [-0.25, -0.2) is 0 Å². The molecule has 2 heterocycles. The van der Waals surface area contributed by atoms with Gasteiger partial charge in [0.15, 0.2) is 23.0 Å². The molecule has 0 saturated heterocycles. The van der Waals surface area contributed by atoms with Crippen LogP contribution in [0.4, 0.5) is 0 Å². The SMILES string of the molecule is CC1(C)Oc2ccc(P(c3ccccc3)c3ccccc3)c(-c3c(P(c4ccccc4)c4ccccc4)ccc4c3OC(C)(C)O4)c2O1.[Cl-].[Cl-].[Ru+2]. The Hall–Kier alpha value is -3.42. The van der Waals surface area contributed by atoms with Crippen LogP contribution in [0.15, 0.2) is 146 Å². The molecule has 8 rings (SSSR count). The number of hydrogen-bond donors (Lipinski definition) is 0. The number of fused-ring (bicyclic) bond motifs is 2. The van der Waals surface area contributed by atoms with E-state index in [4.69, 9.17) is 18.9 Å². The molecule has 6 aromatic carbocycles. The Labute approximate surface area is 328 Å². The maximum atomic E-state index is 6.80. The summed E-state index contributed by atoms with van der Waals surface area (Å²) in [5, 5.41) is 7.33. The molecule has 0 N–H and O–H groups in total. The van der Waals surface area contributed by atoms with E-state index in [9.17, 15) is 0 Å². The zero-order chi connectivity index (χ0) is 32.9. The van der Waals surface area contributed by atoms with Crippen LogP contribution in [-0.4, -0.2) is 11.6 Å². The van der Waals surface area contributed by atoms with Gasteiger partial charge < -0.3 is 43.8 Å². The first-order chi connectivity index (χ1) is 23.3. The van der Waals surface area contributed by atoms with Gasteiger partial charge in [0, 0.05) is 38.8 Å². The second-order valence-corrected chi connectivity index (χ2v) is 17.2. The van der Waals surface area contributed by atoms with Crippen LogP contribution in [0.1, 0.15) is 27.7 Å². The molecule has 0 bridgehead atoms. The summed E-state index contributed by atoms with van der Waals surface area (Å²) in [5.74, 6) is 1.24. The molecule has 0 amide bonds. The zero-order valence-corrected chi connectivity index (χ0v) is 33.5. The minimum atomic E-state index is -1.02. The molecule has 4 nitrogen and oxygen atoms in total. The monoisotopic (exact) mass is 838 g/mol. The molecule has 0 radical (unpaired) electrons. The van der Waals surface area contributed by atoms with Gasteiger partial charge in [0.1, 0.15) is 0 Å². The Bertz CT molecular complexity index is 1870. The van der Waals surface area contributed by atoms with E-state index in [0.717, 1.165) is 34.1 Å². The summed E-state index contributed by atoms with van der Waals surface area (Å²) in [6, 6.07) is 51.8. The minimum Gasteiger partial charge on any atom is -1.00 e. The predicted octanol–water partition coefficient (Wildman–Crippen LogP) is 1.89. The van der Waals surface area contributed by atoms with Crippen LogP contribution in [0.5, 0.6) is 23.0 Å². The van der Waals surface area contributed by atoms with E-state index in [1.165, 1.54) is 31.8 Å². The van der Waals surface area contributed by atoms with Gasteiger partial charge in [-0.3, -0.25) is 0 Å². The standard InChI is InChI=1S/C42H36O4P2.2ClH.Ru/c1-41(2)43-33-25-27-35(47(29-17-9-5-10-18-29)30-19-11-6-12-20-30)37(39(33)45-41)38-36(28-26-34-40(38)46-42(3,4)44-34)48(31-21-13-7-14-22-31)32-23-15-8-16-24-32;;;/h5-28H,1-4H3;2*1H;/q;;;+2/p-2. The Morgan fingerprint density at radius 2 is 0.647 bits per heavy atom. The fourth-order valence-electron chi connectivity index (χ4n) is 6.55. The van der Waals surface area contributed by atoms with Gasteiger partial charge in [-0.1, -0.05) is 121 Å². The second kappa shape index (κ2) is 15.7. The van der Waals surface area contributed by atoms with Crippen molar-refractivity contribution in [1.29, 1.82) is 0 Å². The van der Waals surface area contributed by atoms with E-state index >= 15 is 0 Å². The maximum Gasteiger partial charge on any atom is 2.00 e. The summed E-state index contributed by atoms with van der Waals surface area (Å²) >= 11 is 0. The third kappa shape index (κ3) is 7.57. The van der Waals surface area contributed by atoms with Crippen molar-refractivity contribution in [3.8, 4) is 34.1 Å². The average molecular weight is 839 g/mol. The number of rotatable bonds is 7. The molecule has 6 aromatic rings. The normalized spacial score (nSPS) is 14.3. The van der Waals surface area contributed by atoms with Crippen LogP contribution < -0.4 is 75.6 Å². The molecule has 51 heavy (non-hydrogen) atoms. The molecule has 2 aliphatic heterocycles. The van der Waals surface area contributed by atoms with Crippen molar-refractivity contribution in [2.45, 2.75) is 39.3 Å². The number of ether oxygens (including phenoxy) is 4. The van der Waals surface area contributed by atoms with Gasteiger partial charge in [-0.2, -0.15) is 0 Å². The van der Waals surface area contributed by atoms with Crippen LogP contribution in [0.2, 0.25) is 0 Å². The molecule has 0 spiro atoms. The molecule has 0 saturated carbocycles. The molecular weight excluding hydrogens is 802 g/mol. The van der Waals surface area contributed by atoms with Crippen LogP contribution >= 0.6 is 15.8 Å². The summed E-state index contributed by atoms with van der Waals surface area (Å²) in [6.07, 6.45) is 0. The number of benzene rings is 6. The summed E-state index contributed by atoms with van der Waals surface area (Å²) in [5.41, 5.74) is 1.98. The fourth-order valence-corrected chi connectivity index (χ4v) is 11.5. The molecule has 9 heteroatoms. The molecule has 260 valence electrons. The topological polar surface area (TPSA) is 36.9 Å². The van der Waals surface area contributed by atoms with Gasteiger partial charge >= 0.3 is 19.5 Å². The van der Waals surface area contributed by atoms with Crippen molar-refractivity contribution in [2.75, 3.05) is 0 Å². The predicted molar refractivity (Wildman–Crippen MR) is 200 cm³/mol. The van der Waals surface area contributed by atoms with Crippen molar-refractivity contribution in [1.82, 2.24) is 0 Å². The average Bonchev–Trinajstić information content (AvgIpc) is 3.60. The second-order valence-electron chi connectivity index (χ2n) is 12.8. The summed E-state index contributed by atoms with van der Waals surface area (Å²) in [4.78, 5) is 0.